The molecule has 0 bridgehead atoms. The van der Waals surface area contributed by atoms with E-state index in [1.807, 2.05) is 95.3 Å². The number of imide groups is 1. The summed E-state index contributed by atoms with van der Waals surface area (Å²) in [7, 11) is 0. The Morgan fingerprint density at radius 1 is 0.818 bits per heavy atom. The van der Waals surface area contributed by atoms with Crippen molar-refractivity contribution < 1.29 is 14.3 Å². The second-order valence-electron chi connectivity index (χ2n) is 8.43. The summed E-state index contributed by atoms with van der Waals surface area (Å²) in [6, 6.07) is 19.0. The molecule has 33 heavy (non-hydrogen) atoms. The topological polar surface area (TPSA) is 58.6 Å². The molecule has 0 fully saturated rings. The Kier molecular flexibility index (Phi) is 6.05. The van der Waals surface area contributed by atoms with Crippen LogP contribution in [-0.2, 0) is 9.59 Å². The highest BCUT2D eigenvalue weighted by Gasteiger charge is 2.40. The fourth-order valence-corrected chi connectivity index (χ4v) is 4.10. The second kappa shape index (κ2) is 8.94. The van der Waals surface area contributed by atoms with Gasteiger partial charge in [-0.05, 0) is 86.7 Å². The average Bonchev–Trinajstić information content (AvgIpc) is 2.99. The first-order valence-electron chi connectivity index (χ1n) is 11.1. The lowest BCUT2D eigenvalue weighted by atomic mass is 9.99. The molecule has 0 atom stereocenters. The maximum Gasteiger partial charge on any atom is 0.282 e. The van der Waals surface area contributed by atoms with Crippen molar-refractivity contribution in [2.45, 2.75) is 34.6 Å². The van der Waals surface area contributed by atoms with E-state index in [2.05, 4.69) is 5.32 Å². The van der Waals surface area contributed by atoms with Gasteiger partial charge in [0.15, 0.2) is 0 Å². The number of nitrogens with zero attached hydrogens (tertiary/aromatic N) is 1. The minimum atomic E-state index is -0.375. The molecule has 3 aromatic rings. The Labute approximate surface area is 194 Å². The highest BCUT2D eigenvalue weighted by Crippen LogP contribution is 2.35. The molecule has 1 aliphatic heterocycles. The lowest BCUT2D eigenvalue weighted by molar-refractivity contribution is -0.120. The first kappa shape index (κ1) is 22.3. The van der Waals surface area contributed by atoms with Crippen LogP contribution in [0.1, 0.15) is 34.7 Å². The summed E-state index contributed by atoms with van der Waals surface area (Å²) in [5.41, 5.74) is 6.76. The van der Waals surface area contributed by atoms with E-state index in [0.717, 1.165) is 22.3 Å². The molecule has 0 aliphatic carbocycles. The molecule has 1 heterocycles. The summed E-state index contributed by atoms with van der Waals surface area (Å²) in [5, 5.41) is 3.22. The Balaban J connectivity index is 1.84. The van der Waals surface area contributed by atoms with Crippen LogP contribution >= 0.6 is 0 Å². The number of aryl methyl sites for hydroxylation is 4. The van der Waals surface area contributed by atoms with Gasteiger partial charge >= 0.3 is 0 Å². The molecule has 5 heteroatoms. The minimum absolute atomic E-state index is 0.260. The van der Waals surface area contributed by atoms with E-state index in [9.17, 15) is 9.59 Å². The van der Waals surface area contributed by atoms with E-state index < -0.39 is 0 Å². The predicted octanol–water partition coefficient (Wildman–Crippen LogP) is 5.72. The highest BCUT2D eigenvalue weighted by molar-refractivity contribution is 6.46. The summed E-state index contributed by atoms with van der Waals surface area (Å²) < 4.78 is 5.60. The summed E-state index contributed by atoms with van der Waals surface area (Å²) in [6.07, 6.45) is 0. The lowest BCUT2D eigenvalue weighted by Gasteiger charge is -2.17. The normalized spacial score (nSPS) is 13.7. The van der Waals surface area contributed by atoms with Crippen LogP contribution in [0, 0.1) is 27.7 Å². The predicted molar refractivity (Wildman–Crippen MR) is 132 cm³/mol. The summed E-state index contributed by atoms with van der Waals surface area (Å²) in [6.45, 7) is 10.4. The quantitative estimate of drug-likeness (QED) is 0.499. The molecule has 0 saturated heterocycles. The molecule has 168 valence electrons. The molecule has 0 aromatic heterocycles. The monoisotopic (exact) mass is 440 g/mol. The maximum absolute atomic E-state index is 13.7. The number of ether oxygens (including phenoxy) is 1. The Morgan fingerprint density at radius 3 is 2.21 bits per heavy atom. The van der Waals surface area contributed by atoms with Crippen LogP contribution in [0.3, 0.4) is 0 Å². The van der Waals surface area contributed by atoms with Crippen molar-refractivity contribution in [3.8, 4) is 5.75 Å². The van der Waals surface area contributed by atoms with Crippen molar-refractivity contribution in [3.05, 3.63) is 94.2 Å². The number of carbonyl (C=O) groups excluding carboxylic acids is 2. The van der Waals surface area contributed by atoms with Gasteiger partial charge in [-0.15, -0.1) is 0 Å². The summed E-state index contributed by atoms with van der Waals surface area (Å²) in [5.74, 6) is -0.0180. The van der Waals surface area contributed by atoms with E-state index in [1.54, 1.807) is 0 Å². The molecule has 3 aromatic carbocycles. The van der Waals surface area contributed by atoms with Gasteiger partial charge in [-0.3, -0.25) is 9.59 Å². The van der Waals surface area contributed by atoms with Gasteiger partial charge in [-0.1, -0.05) is 30.3 Å². The zero-order valence-corrected chi connectivity index (χ0v) is 19.7. The number of hydrogen-bond donors (Lipinski definition) is 1. The third-order valence-corrected chi connectivity index (χ3v) is 5.76. The van der Waals surface area contributed by atoms with Crippen LogP contribution in [0.25, 0.3) is 5.57 Å². The minimum Gasteiger partial charge on any atom is -0.494 e. The zero-order valence-electron chi connectivity index (χ0n) is 19.7. The molecule has 1 aliphatic rings. The number of rotatable bonds is 6. The van der Waals surface area contributed by atoms with Crippen molar-refractivity contribution >= 4 is 28.8 Å². The van der Waals surface area contributed by atoms with E-state index in [-0.39, 0.29) is 17.5 Å². The Morgan fingerprint density at radius 2 is 1.55 bits per heavy atom. The fraction of sp³-hybridized carbons (Fsp3) is 0.214. The van der Waals surface area contributed by atoms with Gasteiger partial charge in [0.2, 0.25) is 0 Å². The summed E-state index contributed by atoms with van der Waals surface area (Å²) in [4.78, 5) is 28.6. The van der Waals surface area contributed by atoms with Gasteiger partial charge < -0.3 is 10.1 Å². The number of nitrogens with one attached hydrogen (secondary N) is 1. The van der Waals surface area contributed by atoms with Gasteiger partial charge in [0.05, 0.1) is 17.9 Å². The van der Waals surface area contributed by atoms with E-state index >= 15 is 0 Å². The third kappa shape index (κ3) is 4.40. The molecular formula is C28H28N2O3. The summed E-state index contributed by atoms with van der Waals surface area (Å²) >= 11 is 0. The molecular weight excluding hydrogens is 412 g/mol. The molecule has 5 nitrogen and oxygen atoms in total. The van der Waals surface area contributed by atoms with Gasteiger partial charge in [-0.25, -0.2) is 4.90 Å². The molecule has 2 amide bonds. The average molecular weight is 441 g/mol. The second-order valence-corrected chi connectivity index (χ2v) is 8.43. The van der Waals surface area contributed by atoms with Crippen molar-refractivity contribution in [2.75, 3.05) is 16.8 Å². The van der Waals surface area contributed by atoms with Crippen LogP contribution < -0.4 is 15.0 Å². The highest BCUT2D eigenvalue weighted by atomic mass is 16.5. The van der Waals surface area contributed by atoms with E-state index in [1.165, 1.54) is 4.90 Å². The number of anilines is 2. The smallest absolute Gasteiger partial charge is 0.282 e. The Bertz CT molecular complexity index is 1270. The van der Waals surface area contributed by atoms with Crippen LogP contribution in [0.5, 0.6) is 5.75 Å². The SMILES string of the molecule is CCOc1cccc(NC2=C(c3ccc(C)c(C)c3)C(=O)N(c3cc(C)cc(C)c3)C2=O)c1. The van der Waals surface area contributed by atoms with Crippen LogP contribution in [0.4, 0.5) is 11.4 Å². The van der Waals surface area contributed by atoms with Crippen molar-refractivity contribution in [1.29, 1.82) is 0 Å². The third-order valence-electron chi connectivity index (χ3n) is 5.76. The fourth-order valence-electron chi connectivity index (χ4n) is 4.10. The first-order chi connectivity index (χ1) is 15.8. The largest absolute Gasteiger partial charge is 0.494 e. The molecule has 0 unspecified atom stereocenters. The Hall–Kier alpha value is -3.86. The number of benzene rings is 3. The standard InChI is InChI=1S/C28H28N2O3/c1-6-33-24-9-7-8-22(16-24)29-26-25(21-11-10-19(4)20(5)15-21)27(31)30(28(26)32)23-13-17(2)12-18(3)14-23/h7-16,29H,6H2,1-5H3. The number of amides is 2. The number of hydrogen-bond acceptors (Lipinski definition) is 4. The first-order valence-corrected chi connectivity index (χ1v) is 11.1. The van der Waals surface area contributed by atoms with Crippen molar-refractivity contribution in [3.63, 3.8) is 0 Å². The van der Waals surface area contributed by atoms with Crippen molar-refractivity contribution in [1.82, 2.24) is 0 Å². The van der Waals surface area contributed by atoms with Gasteiger partial charge in [-0.2, -0.15) is 0 Å². The van der Waals surface area contributed by atoms with Crippen LogP contribution in [0.15, 0.2) is 66.4 Å². The molecule has 0 radical (unpaired) electrons. The lowest BCUT2D eigenvalue weighted by Crippen LogP contribution is -2.32. The van der Waals surface area contributed by atoms with E-state index in [4.69, 9.17) is 4.74 Å². The van der Waals surface area contributed by atoms with Gasteiger partial charge in [0.1, 0.15) is 11.4 Å². The molecule has 1 N–H and O–H groups in total. The molecule has 0 saturated carbocycles. The zero-order chi connectivity index (χ0) is 23.7. The van der Waals surface area contributed by atoms with E-state index in [0.29, 0.717) is 34.9 Å². The van der Waals surface area contributed by atoms with Crippen LogP contribution in [-0.4, -0.2) is 18.4 Å². The van der Waals surface area contributed by atoms with Crippen LogP contribution in [0.2, 0.25) is 0 Å². The van der Waals surface area contributed by atoms with Crippen molar-refractivity contribution in [2.24, 2.45) is 0 Å². The van der Waals surface area contributed by atoms with Gasteiger partial charge in [0, 0.05) is 11.8 Å². The molecule has 0 spiro atoms. The maximum atomic E-state index is 13.7. The van der Waals surface area contributed by atoms with Gasteiger partial charge in [0.25, 0.3) is 11.8 Å². The molecule has 4 rings (SSSR count). The number of carbonyl (C=O) groups is 2.